The normalized spacial score (nSPS) is 14.6. The van der Waals surface area contributed by atoms with E-state index in [1.807, 2.05) is 6.92 Å². The van der Waals surface area contributed by atoms with E-state index in [4.69, 9.17) is 4.74 Å². The summed E-state index contributed by atoms with van der Waals surface area (Å²) >= 11 is 0. The number of rotatable bonds is 3. The minimum absolute atomic E-state index is 0.129. The van der Waals surface area contributed by atoms with Gasteiger partial charge in [0.05, 0.1) is 30.7 Å². The summed E-state index contributed by atoms with van der Waals surface area (Å²) in [6.45, 7) is 10.1. The first-order valence-corrected chi connectivity index (χ1v) is 9.80. The molecule has 142 valence electrons. The van der Waals surface area contributed by atoms with Gasteiger partial charge in [0.25, 0.3) is 10.0 Å². The Balaban J connectivity index is 1.82. The number of aromatic nitrogens is 4. The first-order valence-electron chi connectivity index (χ1n) is 8.36. The number of fused-ring (bicyclic) bond motifs is 1. The fourth-order valence-electron chi connectivity index (χ4n) is 2.81. The van der Waals surface area contributed by atoms with Gasteiger partial charge in [0.1, 0.15) is 10.5 Å². The minimum atomic E-state index is -3.82. The van der Waals surface area contributed by atoms with Crippen LogP contribution in [0.2, 0.25) is 0 Å². The lowest BCUT2D eigenvalue weighted by atomic mass is 10.2. The molecule has 1 amide bonds. The van der Waals surface area contributed by atoms with E-state index in [-0.39, 0.29) is 18.0 Å². The fourth-order valence-corrected chi connectivity index (χ4v) is 4.14. The molecular formula is C16H23N5O4S. The number of hydrogen-bond donors (Lipinski definition) is 0. The van der Waals surface area contributed by atoms with E-state index >= 15 is 0 Å². The molecule has 0 radical (unpaired) electrons. The predicted molar refractivity (Wildman–Crippen MR) is 92.9 cm³/mol. The van der Waals surface area contributed by atoms with Gasteiger partial charge in [-0.3, -0.25) is 9.58 Å². The summed E-state index contributed by atoms with van der Waals surface area (Å²) in [4.78, 5) is 13.8. The maximum Gasteiger partial charge on any atom is 0.410 e. The monoisotopic (exact) mass is 381 g/mol. The number of nitrogens with zero attached hydrogens (tertiary/aromatic N) is 5. The van der Waals surface area contributed by atoms with Crippen LogP contribution in [0.4, 0.5) is 4.79 Å². The summed E-state index contributed by atoms with van der Waals surface area (Å²) < 4.78 is 33.6. The Labute approximate surface area is 152 Å². The van der Waals surface area contributed by atoms with E-state index in [0.717, 1.165) is 4.09 Å². The zero-order valence-corrected chi connectivity index (χ0v) is 16.4. The van der Waals surface area contributed by atoms with Crippen LogP contribution in [0.5, 0.6) is 0 Å². The molecule has 3 heterocycles. The van der Waals surface area contributed by atoms with Gasteiger partial charge in [-0.1, -0.05) is 0 Å². The molecule has 9 nitrogen and oxygen atoms in total. The van der Waals surface area contributed by atoms with E-state index in [9.17, 15) is 13.2 Å². The molecule has 1 aliphatic heterocycles. The van der Waals surface area contributed by atoms with Crippen molar-refractivity contribution in [3.63, 3.8) is 0 Å². The molecule has 3 rings (SSSR count). The van der Waals surface area contributed by atoms with E-state index in [1.165, 1.54) is 17.3 Å². The molecule has 10 heteroatoms. The number of amides is 1. The lowest BCUT2D eigenvalue weighted by molar-refractivity contribution is 0.0239. The van der Waals surface area contributed by atoms with Crippen molar-refractivity contribution in [2.45, 2.75) is 64.7 Å². The highest BCUT2D eigenvalue weighted by Gasteiger charge is 2.32. The molecule has 0 N–H and O–H groups in total. The first kappa shape index (κ1) is 18.4. The SMILES string of the molecule is CCn1ncc(S(=O)(=O)n2cc3c(n2)CN(C(=O)OC(C)(C)C)C3)c1C. The maximum absolute atomic E-state index is 12.8. The third kappa shape index (κ3) is 3.20. The highest BCUT2D eigenvalue weighted by atomic mass is 32.2. The molecule has 0 aromatic carbocycles. The molecule has 0 aliphatic carbocycles. The Bertz CT molecular complexity index is 928. The highest BCUT2D eigenvalue weighted by Crippen LogP contribution is 2.26. The van der Waals surface area contributed by atoms with Gasteiger partial charge in [-0.15, -0.1) is 0 Å². The van der Waals surface area contributed by atoms with Crippen molar-refractivity contribution in [3.05, 3.63) is 29.3 Å². The standard InChI is InChI=1S/C16H23N5O4S/c1-6-20-11(2)14(7-17-20)26(23,24)21-9-12-8-19(10-13(12)18-21)15(22)25-16(3,4)5/h7,9H,6,8,10H2,1-5H3. The van der Waals surface area contributed by atoms with E-state index in [1.54, 1.807) is 32.4 Å². The third-order valence-corrected chi connectivity index (χ3v) is 5.73. The van der Waals surface area contributed by atoms with Gasteiger partial charge < -0.3 is 4.74 Å². The summed E-state index contributed by atoms with van der Waals surface area (Å²) in [6, 6.07) is 0. The first-order chi connectivity index (χ1) is 12.0. The summed E-state index contributed by atoms with van der Waals surface area (Å²) in [5.41, 5.74) is 1.23. The lowest BCUT2D eigenvalue weighted by Crippen LogP contribution is -2.33. The third-order valence-electron chi connectivity index (χ3n) is 4.09. The largest absolute Gasteiger partial charge is 0.444 e. The van der Waals surface area contributed by atoms with Crippen molar-refractivity contribution in [2.75, 3.05) is 0 Å². The van der Waals surface area contributed by atoms with Gasteiger partial charge >= 0.3 is 6.09 Å². The quantitative estimate of drug-likeness (QED) is 0.805. The molecule has 0 saturated heterocycles. The maximum atomic E-state index is 12.8. The minimum Gasteiger partial charge on any atom is -0.444 e. The molecule has 2 aromatic heterocycles. The zero-order valence-electron chi connectivity index (χ0n) is 15.6. The molecule has 26 heavy (non-hydrogen) atoms. The van der Waals surface area contributed by atoms with Crippen LogP contribution in [-0.4, -0.2) is 44.0 Å². The van der Waals surface area contributed by atoms with E-state index in [2.05, 4.69) is 10.2 Å². The summed E-state index contributed by atoms with van der Waals surface area (Å²) in [5, 5.41) is 8.27. The van der Waals surface area contributed by atoms with Crippen LogP contribution >= 0.6 is 0 Å². The average molecular weight is 381 g/mol. The number of ether oxygens (including phenoxy) is 1. The Hall–Kier alpha value is -2.36. The van der Waals surface area contributed by atoms with Crippen LogP contribution in [0.3, 0.4) is 0 Å². The van der Waals surface area contributed by atoms with Crippen molar-refractivity contribution in [3.8, 4) is 0 Å². The number of carbonyl (C=O) groups excluding carboxylic acids is 1. The molecule has 0 unspecified atom stereocenters. The second-order valence-corrected chi connectivity index (χ2v) is 8.99. The van der Waals surface area contributed by atoms with Crippen molar-refractivity contribution in [1.82, 2.24) is 23.9 Å². The fraction of sp³-hybridized carbons (Fsp3) is 0.562. The second-order valence-electron chi connectivity index (χ2n) is 7.23. The van der Waals surface area contributed by atoms with Crippen molar-refractivity contribution in [1.29, 1.82) is 0 Å². The van der Waals surface area contributed by atoms with Crippen LogP contribution in [0, 0.1) is 6.92 Å². The smallest absolute Gasteiger partial charge is 0.410 e. The Morgan fingerprint density at radius 1 is 1.31 bits per heavy atom. The van der Waals surface area contributed by atoms with E-state index in [0.29, 0.717) is 23.5 Å². The second kappa shape index (κ2) is 6.11. The molecule has 0 spiro atoms. The van der Waals surface area contributed by atoms with Crippen molar-refractivity contribution >= 4 is 16.1 Å². The van der Waals surface area contributed by atoms with Gasteiger partial charge in [0.2, 0.25) is 0 Å². The van der Waals surface area contributed by atoms with Gasteiger partial charge in [-0.25, -0.2) is 4.79 Å². The van der Waals surface area contributed by atoms with Crippen LogP contribution < -0.4 is 0 Å². The van der Waals surface area contributed by atoms with Gasteiger partial charge in [0.15, 0.2) is 0 Å². The summed E-state index contributed by atoms with van der Waals surface area (Å²) in [5.74, 6) is 0. The number of aryl methyl sites for hydroxylation is 1. The number of carbonyl (C=O) groups is 1. The zero-order chi connectivity index (χ0) is 19.3. The number of hydrogen-bond acceptors (Lipinski definition) is 6. The molecule has 1 aliphatic rings. The summed E-state index contributed by atoms with van der Waals surface area (Å²) in [7, 11) is -3.82. The van der Waals surface area contributed by atoms with E-state index < -0.39 is 21.7 Å². The molecular weight excluding hydrogens is 358 g/mol. The Kier molecular flexibility index (Phi) is 4.33. The average Bonchev–Trinajstić information content (AvgIpc) is 3.17. The Morgan fingerprint density at radius 3 is 2.54 bits per heavy atom. The highest BCUT2D eigenvalue weighted by molar-refractivity contribution is 7.89. The molecule has 0 bridgehead atoms. The van der Waals surface area contributed by atoms with Crippen LogP contribution in [-0.2, 0) is 34.4 Å². The van der Waals surface area contributed by atoms with Gasteiger partial charge in [-0.05, 0) is 34.6 Å². The predicted octanol–water partition coefficient (Wildman–Crippen LogP) is 1.90. The van der Waals surface area contributed by atoms with Crippen LogP contribution in [0.15, 0.2) is 17.3 Å². The van der Waals surface area contributed by atoms with Crippen LogP contribution in [0.25, 0.3) is 0 Å². The molecule has 0 fully saturated rings. The Morgan fingerprint density at radius 2 is 2.00 bits per heavy atom. The lowest BCUT2D eigenvalue weighted by Gasteiger charge is -2.24. The van der Waals surface area contributed by atoms with Crippen molar-refractivity contribution < 1.29 is 17.9 Å². The molecule has 0 atom stereocenters. The molecule has 0 saturated carbocycles. The van der Waals surface area contributed by atoms with Gasteiger partial charge in [-0.2, -0.15) is 22.7 Å². The van der Waals surface area contributed by atoms with Crippen LogP contribution in [0.1, 0.15) is 44.6 Å². The van der Waals surface area contributed by atoms with Gasteiger partial charge in [0, 0.05) is 18.3 Å². The molecule has 2 aromatic rings. The summed E-state index contributed by atoms with van der Waals surface area (Å²) in [6.07, 6.45) is 2.36. The van der Waals surface area contributed by atoms with Crippen molar-refractivity contribution in [2.24, 2.45) is 0 Å². The topological polar surface area (TPSA) is 99.3 Å².